The van der Waals surface area contributed by atoms with Gasteiger partial charge in [0.05, 0.1) is 12.0 Å². The molecular formula is C28H30N2O5. The zero-order chi connectivity index (χ0) is 24.9. The number of piperidine rings is 1. The van der Waals surface area contributed by atoms with Gasteiger partial charge in [0.15, 0.2) is 0 Å². The minimum absolute atomic E-state index is 0.00189. The van der Waals surface area contributed by atoms with Gasteiger partial charge in [-0.1, -0.05) is 12.6 Å². The Morgan fingerprint density at radius 3 is 2.69 bits per heavy atom. The molecule has 1 fully saturated rings. The third-order valence-corrected chi connectivity index (χ3v) is 7.29. The predicted molar refractivity (Wildman–Crippen MR) is 134 cm³/mol. The number of pyridine rings is 1. The fraction of sp³-hybridized carbons (Fsp3) is 0.393. The molecule has 2 aromatic heterocycles. The van der Waals surface area contributed by atoms with E-state index >= 15 is 0 Å². The molecule has 0 N–H and O–H groups in total. The Kier molecular flexibility index (Phi) is 5.87. The van der Waals surface area contributed by atoms with Gasteiger partial charge in [0.2, 0.25) is 5.91 Å². The number of aromatic nitrogens is 1. The summed E-state index contributed by atoms with van der Waals surface area (Å²) in [7, 11) is 0. The van der Waals surface area contributed by atoms with E-state index < -0.39 is 5.63 Å². The monoisotopic (exact) mass is 474 g/mol. The van der Waals surface area contributed by atoms with Gasteiger partial charge in [-0.3, -0.25) is 9.59 Å². The number of nitrogens with zero attached hydrogens (tertiary/aromatic N) is 2. The number of fused-ring (bicyclic) bond motifs is 5. The molecule has 1 saturated heterocycles. The molecule has 7 heteroatoms. The Morgan fingerprint density at radius 2 is 1.91 bits per heavy atom. The van der Waals surface area contributed by atoms with Crippen LogP contribution in [0.5, 0.6) is 5.75 Å². The van der Waals surface area contributed by atoms with Gasteiger partial charge in [0.1, 0.15) is 17.9 Å². The van der Waals surface area contributed by atoms with E-state index in [2.05, 4.69) is 6.58 Å². The van der Waals surface area contributed by atoms with Crippen LogP contribution < -0.4 is 15.9 Å². The fourth-order valence-corrected chi connectivity index (χ4v) is 5.50. The molecule has 0 spiro atoms. The number of hydrogen-bond donors (Lipinski definition) is 0. The first kappa shape index (κ1) is 23.1. The summed E-state index contributed by atoms with van der Waals surface area (Å²) < 4.78 is 13.3. The number of rotatable bonds is 5. The molecule has 2 aliphatic rings. The average Bonchev–Trinajstić information content (AvgIpc) is 2.82. The number of amides is 1. The summed E-state index contributed by atoms with van der Waals surface area (Å²) in [4.78, 5) is 40.4. The molecule has 2 aliphatic heterocycles. The maximum Gasteiger partial charge on any atom is 0.340 e. The van der Waals surface area contributed by atoms with Crippen LogP contribution in [0, 0.1) is 19.8 Å². The van der Waals surface area contributed by atoms with Crippen molar-refractivity contribution in [2.45, 2.75) is 46.1 Å². The van der Waals surface area contributed by atoms with Gasteiger partial charge < -0.3 is 18.6 Å². The minimum atomic E-state index is -0.488. The van der Waals surface area contributed by atoms with E-state index in [-0.39, 0.29) is 29.7 Å². The van der Waals surface area contributed by atoms with E-state index in [4.69, 9.17) is 9.15 Å². The maximum absolute atomic E-state index is 13.3. The van der Waals surface area contributed by atoms with Gasteiger partial charge in [0, 0.05) is 48.3 Å². The SMILES string of the molecule is C=C(C)COc1ccc2c(C)c(CC(=O)N3CC4CC(C3)c3cccc(=O)n3C4)c(=O)oc2c1C. The lowest BCUT2D eigenvalue weighted by molar-refractivity contribution is -0.133. The number of ether oxygens (including phenoxy) is 1. The van der Waals surface area contributed by atoms with Crippen molar-refractivity contribution in [3.63, 3.8) is 0 Å². The molecular weight excluding hydrogens is 444 g/mol. The van der Waals surface area contributed by atoms with Gasteiger partial charge in [-0.2, -0.15) is 0 Å². The molecule has 0 aliphatic carbocycles. The first-order chi connectivity index (χ1) is 16.7. The topological polar surface area (TPSA) is 81.8 Å². The van der Waals surface area contributed by atoms with Crippen molar-refractivity contribution in [3.8, 4) is 5.75 Å². The molecule has 0 saturated carbocycles. The Balaban J connectivity index is 1.40. The second-order valence-corrected chi connectivity index (χ2v) is 9.98. The summed E-state index contributed by atoms with van der Waals surface area (Å²) in [5, 5.41) is 0.802. The Hall–Kier alpha value is -3.61. The lowest BCUT2D eigenvalue weighted by Gasteiger charge is -2.42. The third kappa shape index (κ3) is 4.20. The van der Waals surface area contributed by atoms with Gasteiger partial charge in [-0.15, -0.1) is 0 Å². The number of hydrogen-bond acceptors (Lipinski definition) is 5. The standard InChI is InChI=1S/C28H30N2O5/c1-16(2)15-34-24-9-8-21-17(3)22(28(33)35-27(21)18(24)4)11-26(32)29-12-19-10-20(14-29)23-6-5-7-25(31)30(23)13-19/h5-9,19-20H,1,10-15H2,2-4H3. The maximum atomic E-state index is 13.3. The van der Waals surface area contributed by atoms with Gasteiger partial charge in [-0.05, 0) is 62.4 Å². The smallest absolute Gasteiger partial charge is 0.340 e. The van der Waals surface area contributed by atoms with Gasteiger partial charge in [-0.25, -0.2) is 4.79 Å². The molecule has 0 radical (unpaired) electrons. The molecule has 2 unspecified atom stereocenters. The summed E-state index contributed by atoms with van der Waals surface area (Å²) in [6.45, 7) is 11.6. The molecule has 4 heterocycles. The second kappa shape index (κ2) is 8.87. The van der Waals surface area contributed by atoms with Crippen LogP contribution in [-0.2, 0) is 17.8 Å². The average molecular weight is 475 g/mol. The Morgan fingerprint density at radius 1 is 1.11 bits per heavy atom. The largest absolute Gasteiger partial charge is 0.489 e. The predicted octanol–water partition coefficient (Wildman–Crippen LogP) is 3.71. The zero-order valence-corrected chi connectivity index (χ0v) is 20.4. The van der Waals surface area contributed by atoms with E-state index in [0.29, 0.717) is 43.1 Å². The number of benzene rings is 1. The molecule has 3 aromatic rings. The molecule has 35 heavy (non-hydrogen) atoms. The van der Waals surface area contributed by atoms with Crippen molar-refractivity contribution in [1.82, 2.24) is 9.47 Å². The molecule has 1 aromatic carbocycles. The van der Waals surface area contributed by atoms with E-state index in [1.165, 1.54) is 0 Å². The fourth-order valence-electron chi connectivity index (χ4n) is 5.50. The number of likely N-dealkylation sites (tertiary alicyclic amines) is 1. The molecule has 2 bridgehead atoms. The van der Waals surface area contributed by atoms with E-state index in [9.17, 15) is 14.4 Å². The van der Waals surface area contributed by atoms with Crippen LogP contribution in [0.25, 0.3) is 11.0 Å². The van der Waals surface area contributed by atoms with E-state index in [1.54, 1.807) is 12.1 Å². The quantitative estimate of drug-likeness (QED) is 0.416. The molecule has 1 amide bonds. The first-order valence-corrected chi connectivity index (χ1v) is 12.0. The van der Waals surface area contributed by atoms with Crippen molar-refractivity contribution in [2.75, 3.05) is 19.7 Å². The summed E-state index contributed by atoms with van der Waals surface area (Å²) in [5.41, 5.74) is 3.80. The third-order valence-electron chi connectivity index (χ3n) is 7.29. The van der Waals surface area contributed by atoms with Gasteiger partial charge >= 0.3 is 5.63 Å². The highest BCUT2D eigenvalue weighted by Crippen LogP contribution is 2.35. The summed E-state index contributed by atoms with van der Waals surface area (Å²) in [6, 6.07) is 9.10. The number of carbonyl (C=O) groups is 1. The van der Waals surface area contributed by atoms with Crippen LogP contribution in [0.2, 0.25) is 0 Å². The van der Waals surface area contributed by atoms with E-state index in [0.717, 1.165) is 34.2 Å². The molecule has 5 rings (SSSR count). The summed E-state index contributed by atoms with van der Waals surface area (Å²) in [5.74, 6) is 0.930. The normalized spacial score (nSPS) is 18.9. The highest BCUT2D eigenvalue weighted by molar-refractivity contribution is 5.87. The van der Waals surface area contributed by atoms with Gasteiger partial charge in [0.25, 0.3) is 5.56 Å². The molecule has 7 nitrogen and oxygen atoms in total. The van der Waals surface area contributed by atoms with Crippen LogP contribution in [0.4, 0.5) is 0 Å². The Labute approximate surface area is 203 Å². The van der Waals surface area contributed by atoms with Crippen molar-refractivity contribution < 1.29 is 13.9 Å². The van der Waals surface area contributed by atoms with Crippen LogP contribution in [0.15, 0.2) is 56.5 Å². The molecule has 182 valence electrons. The lowest BCUT2D eigenvalue weighted by Crippen LogP contribution is -2.49. The number of aryl methyl sites for hydroxylation is 2. The van der Waals surface area contributed by atoms with Crippen molar-refractivity contribution >= 4 is 16.9 Å². The van der Waals surface area contributed by atoms with Crippen LogP contribution >= 0.6 is 0 Å². The minimum Gasteiger partial charge on any atom is -0.489 e. The first-order valence-electron chi connectivity index (χ1n) is 12.0. The highest BCUT2D eigenvalue weighted by atomic mass is 16.5. The summed E-state index contributed by atoms with van der Waals surface area (Å²) >= 11 is 0. The second-order valence-electron chi connectivity index (χ2n) is 9.98. The van der Waals surface area contributed by atoms with Crippen molar-refractivity contribution in [1.29, 1.82) is 0 Å². The van der Waals surface area contributed by atoms with E-state index in [1.807, 2.05) is 48.4 Å². The Bertz CT molecular complexity index is 1460. The van der Waals surface area contributed by atoms with Crippen molar-refractivity contribution in [3.05, 3.63) is 85.6 Å². The lowest BCUT2D eigenvalue weighted by atomic mass is 9.83. The summed E-state index contributed by atoms with van der Waals surface area (Å²) in [6.07, 6.45) is 0.970. The van der Waals surface area contributed by atoms with Crippen LogP contribution in [0.3, 0.4) is 0 Å². The van der Waals surface area contributed by atoms with Crippen LogP contribution in [-0.4, -0.2) is 35.1 Å². The number of carbonyl (C=O) groups excluding carboxylic acids is 1. The zero-order valence-electron chi connectivity index (χ0n) is 20.4. The molecule has 2 atom stereocenters. The van der Waals surface area contributed by atoms with Crippen LogP contribution in [0.1, 0.15) is 41.6 Å². The van der Waals surface area contributed by atoms with Crippen molar-refractivity contribution in [2.24, 2.45) is 5.92 Å². The highest BCUT2D eigenvalue weighted by Gasteiger charge is 2.36.